The second kappa shape index (κ2) is 4.07. The highest BCUT2D eigenvalue weighted by Gasteiger charge is 2.21. The average Bonchev–Trinajstić information content (AvgIpc) is 2.10. The summed E-state index contributed by atoms with van der Waals surface area (Å²) in [6.07, 6.45) is -2.93. The summed E-state index contributed by atoms with van der Waals surface area (Å²) in [5.74, 6) is -2.47. The molecule has 15 heavy (non-hydrogen) atoms. The maximum absolute atomic E-state index is 12.4. The highest BCUT2D eigenvalue weighted by atomic mass is 19.3. The predicted octanol–water partition coefficient (Wildman–Crippen LogP) is 0.645. The quantitative estimate of drug-likeness (QED) is 0.695. The van der Waals surface area contributed by atoms with Crippen LogP contribution in [0.25, 0.3) is 0 Å². The maximum Gasteiger partial charge on any atom is 0.307 e. The molecule has 0 aliphatic heterocycles. The van der Waals surface area contributed by atoms with E-state index in [4.69, 9.17) is 10.2 Å². The molecule has 82 valence electrons. The topological polar surface area (TPSA) is 90.4 Å². The summed E-state index contributed by atoms with van der Waals surface area (Å²) in [7, 11) is 0. The molecule has 0 saturated carbocycles. The smallest absolute Gasteiger partial charge is 0.307 e. The Kier molecular flexibility index (Phi) is 3.03. The number of halogens is 2. The Labute approximate surface area is 82.0 Å². The van der Waals surface area contributed by atoms with Gasteiger partial charge < -0.3 is 15.2 Å². The summed E-state index contributed by atoms with van der Waals surface area (Å²) < 4.78 is 24.8. The van der Waals surface area contributed by atoms with Gasteiger partial charge >= 0.3 is 5.97 Å². The zero-order valence-corrected chi connectivity index (χ0v) is 7.33. The van der Waals surface area contributed by atoms with E-state index < -0.39 is 35.7 Å². The van der Waals surface area contributed by atoms with Crippen molar-refractivity contribution in [2.24, 2.45) is 0 Å². The number of aromatic amines is 1. The Bertz CT molecular complexity index is 441. The van der Waals surface area contributed by atoms with Gasteiger partial charge in [0.25, 0.3) is 12.0 Å². The highest BCUT2D eigenvalue weighted by Crippen LogP contribution is 2.28. The molecule has 1 aromatic rings. The minimum absolute atomic E-state index is 0.311. The summed E-state index contributed by atoms with van der Waals surface area (Å²) in [5.41, 5.74) is -2.31. The van der Waals surface area contributed by atoms with Gasteiger partial charge in [0.1, 0.15) is 0 Å². The molecule has 7 heteroatoms. The van der Waals surface area contributed by atoms with Crippen molar-refractivity contribution in [2.45, 2.75) is 12.8 Å². The molecule has 0 aliphatic rings. The van der Waals surface area contributed by atoms with Crippen LogP contribution < -0.4 is 5.56 Å². The molecular weight excluding hydrogens is 212 g/mol. The molecule has 0 aliphatic carbocycles. The zero-order chi connectivity index (χ0) is 11.6. The van der Waals surface area contributed by atoms with Gasteiger partial charge in [-0.3, -0.25) is 9.59 Å². The first-order valence-electron chi connectivity index (χ1n) is 3.87. The Morgan fingerprint density at radius 3 is 2.60 bits per heavy atom. The lowest BCUT2D eigenvalue weighted by Crippen LogP contribution is -2.13. The molecule has 0 amide bonds. The van der Waals surface area contributed by atoms with Crippen molar-refractivity contribution in [3.63, 3.8) is 0 Å². The molecule has 0 bridgehead atoms. The molecule has 1 rings (SSSR count). The number of H-pyrrole nitrogens is 1. The van der Waals surface area contributed by atoms with E-state index in [-0.39, 0.29) is 5.56 Å². The van der Waals surface area contributed by atoms with E-state index >= 15 is 0 Å². The number of carbonyl (C=O) groups is 1. The zero-order valence-electron chi connectivity index (χ0n) is 7.33. The van der Waals surface area contributed by atoms with Gasteiger partial charge in [-0.1, -0.05) is 0 Å². The molecule has 3 N–H and O–H groups in total. The van der Waals surface area contributed by atoms with Crippen LogP contribution in [-0.4, -0.2) is 21.2 Å². The normalized spacial score (nSPS) is 10.6. The first kappa shape index (κ1) is 11.2. The standard InChI is InChI=1S/C8H7F2NO4/c9-7(10)5-3(1-4(12)13)2-11-8(15)6(5)14/h2,7,14H,1H2,(H,11,15)(H,12,13). The van der Waals surface area contributed by atoms with Crippen molar-refractivity contribution < 1.29 is 23.8 Å². The summed E-state index contributed by atoms with van der Waals surface area (Å²) in [6.45, 7) is 0. The first-order valence-corrected chi connectivity index (χ1v) is 3.87. The van der Waals surface area contributed by atoms with Crippen LogP contribution >= 0.6 is 0 Å². The number of aromatic hydroxyl groups is 1. The van der Waals surface area contributed by atoms with Gasteiger partial charge in [0.15, 0.2) is 5.75 Å². The fourth-order valence-corrected chi connectivity index (χ4v) is 1.13. The lowest BCUT2D eigenvalue weighted by atomic mass is 10.1. The van der Waals surface area contributed by atoms with Crippen LogP contribution in [0.15, 0.2) is 11.0 Å². The van der Waals surface area contributed by atoms with Crippen molar-refractivity contribution >= 4 is 5.97 Å². The molecule has 1 heterocycles. The minimum Gasteiger partial charge on any atom is -0.503 e. The van der Waals surface area contributed by atoms with E-state index in [2.05, 4.69) is 0 Å². The van der Waals surface area contributed by atoms with Crippen molar-refractivity contribution in [1.82, 2.24) is 4.98 Å². The molecule has 0 spiro atoms. The monoisotopic (exact) mass is 219 g/mol. The van der Waals surface area contributed by atoms with Crippen molar-refractivity contribution in [3.8, 4) is 5.75 Å². The average molecular weight is 219 g/mol. The number of aromatic nitrogens is 1. The number of pyridine rings is 1. The third-order valence-corrected chi connectivity index (χ3v) is 1.75. The molecule has 0 atom stereocenters. The molecule has 5 nitrogen and oxygen atoms in total. The number of carboxylic acid groups (broad SMARTS) is 1. The van der Waals surface area contributed by atoms with Gasteiger partial charge in [-0.2, -0.15) is 0 Å². The summed E-state index contributed by atoms with van der Waals surface area (Å²) in [6, 6.07) is 0. The Morgan fingerprint density at radius 1 is 1.53 bits per heavy atom. The van der Waals surface area contributed by atoms with Crippen LogP contribution in [-0.2, 0) is 11.2 Å². The lowest BCUT2D eigenvalue weighted by Gasteiger charge is -2.07. The first-order chi connectivity index (χ1) is 6.93. The molecule has 0 aromatic carbocycles. The third-order valence-electron chi connectivity index (χ3n) is 1.75. The van der Waals surface area contributed by atoms with Gasteiger partial charge in [0.2, 0.25) is 0 Å². The summed E-state index contributed by atoms with van der Waals surface area (Å²) in [5, 5.41) is 17.5. The fraction of sp³-hybridized carbons (Fsp3) is 0.250. The lowest BCUT2D eigenvalue weighted by molar-refractivity contribution is -0.136. The number of hydrogen-bond donors (Lipinski definition) is 3. The Morgan fingerprint density at radius 2 is 2.13 bits per heavy atom. The van der Waals surface area contributed by atoms with Crippen LogP contribution in [0.5, 0.6) is 5.75 Å². The summed E-state index contributed by atoms with van der Waals surface area (Å²) >= 11 is 0. The Hall–Kier alpha value is -1.92. The summed E-state index contributed by atoms with van der Waals surface area (Å²) in [4.78, 5) is 23.1. The van der Waals surface area contributed by atoms with Gasteiger partial charge in [-0.25, -0.2) is 8.78 Å². The molecule has 0 unspecified atom stereocenters. The molecular formula is C8H7F2NO4. The van der Waals surface area contributed by atoms with Crippen LogP contribution in [0.1, 0.15) is 17.6 Å². The van der Waals surface area contributed by atoms with E-state index in [0.717, 1.165) is 6.20 Å². The van der Waals surface area contributed by atoms with Crippen molar-refractivity contribution in [1.29, 1.82) is 0 Å². The van der Waals surface area contributed by atoms with E-state index in [1.165, 1.54) is 0 Å². The maximum atomic E-state index is 12.4. The van der Waals surface area contributed by atoms with Gasteiger partial charge in [-0.15, -0.1) is 0 Å². The number of hydrogen-bond acceptors (Lipinski definition) is 3. The highest BCUT2D eigenvalue weighted by molar-refractivity contribution is 5.71. The molecule has 0 radical (unpaired) electrons. The minimum atomic E-state index is -3.10. The van der Waals surface area contributed by atoms with Crippen LogP contribution in [0, 0.1) is 0 Å². The number of carboxylic acids is 1. The fourth-order valence-electron chi connectivity index (χ4n) is 1.13. The van der Waals surface area contributed by atoms with E-state index in [9.17, 15) is 18.4 Å². The van der Waals surface area contributed by atoms with E-state index in [1.807, 2.05) is 4.98 Å². The van der Waals surface area contributed by atoms with Gasteiger partial charge in [0, 0.05) is 6.20 Å². The number of alkyl halides is 2. The van der Waals surface area contributed by atoms with Crippen LogP contribution in [0.2, 0.25) is 0 Å². The third kappa shape index (κ3) is 2.30. The van der Waals surface area contributed by atoms with Crippen LogP contribution in [0.3, 0.4) is 0 Å². The number of rotatable bonds is 3. The second-order valence-electron chi connectivity index (χ2n) is 2.78. The molecule has 0 saturated heterocycles. The van der Waals surface area contributed by atoms with Gasteiger partial charge in [0.05, 0.1) is 12.0 Å². The largest absolute Gasteiger partial charge is 0.503 e. The molecule has 1 aromatic heterocycles. The molecule has 0 fully saturated rings. The van der Waals surface area contributed by atoms with Crippen molar-refractivity contribution in [2.75, 3.05) is 0 Å². The Balaban J connectivity index is 3.33. The van der Waals surface area contributed by atoms with E-state index in [1.54, 1.807) is 0 Å². The van der Waals surface area contributed by atoms with Crippen molar-refractivity contribution in [3.05, 3.63) is 27.7 Å². The van der Waals surface area contributed by atoms with Gasteiger partial charge in [-0.05, 0) is 5.56 Å². The predicted molar refractivity (Wildman–Crippen MR) is 45.0 cm³/mol. The number of aliphatic carboxylic acids is 1. The van der Waals surface area contributed by atoms with Crippen LogP contribution in [0.4, 0.5) is 8.78 Å². The second-order valence-corrected chi connectivity index (χ2v) is 2.78. The number of nitrogens with one attached hydrogen (secondary N) is 1. The van der Waals surface area contributed by atoms with E-state index in [0.29, 0.717) is 0 Å². The SMILES string of the molecule is O=C(O)Cc1c[nH]c(=O)c(O)c1C(F)F.